The molecule has 3 heterocycles. The Kier molecular flexibility index (Phi) is 5.29. The van der Waals surface area contributed by atoms with Crippen molar-refractivity contribution in [2.75, 3.05) is 31.6 Å². The molecule has 0 unspecified atom stereocenters. The summed E-state index contributed by atoms with van der Waals surface area (Å²) in [5, 5.41) is 5.21. The average molecular weight is 388 g/mol. The number of ether oxygens (including phenoxy) is 1. The van der Waals surface area contributed by atoms with Crippen LogP contribution in [0, 0.1) is 0 Å². The molecule has 1 saturated heterocycles. The largest absolute Gasteiger partial charge is 0.370 e. The van der Waals surface area contributed by atoms with Gasteiger partial charge in [0.05, 0.1) is 18.6 Å². The van der Waals surface area contributed by atoms with E-state index in [1.165, 1.54) is 68.0 Å². The zero-order chi connectivity index (χ0) is 18.1. The molecular formula is C21H31N4OS+. The predicted molar refractivity (Wildman–Crippen MR) is 110 cm³/mol. The average Bonchev–Trinajstić information content (AvgIpc) is 3.08. The highest BCUT2D eigenvalue weighted by Gasteiger charge is 2.24. The van der Waals surface area contributed by atoms with Crippen LogP contribution in [-0.2, 0) is 24.1 Å². The Hall–Kier alpha value is -1.24. The molecule has 0 spiro atoms. The van der Waals surface area contributed by atoms with Crippen LogP contribution >= 0.6 is 11.3 Å². The second-order valence-corrected chi connectivity index (χ2v) is 9.48. The number of nitrogens with one attached hydrogen (secondary N) is 2. The first kappa shape index (κ1) is 17.8. The Morgan fingerprint density at radius 3 is 2.67 bits per heavy atom. The molecule has 5 rings (SSSR count). The number of hydrogen-bond acceptors (Lipinski definition) is 5. The van der Waals surface area contributed by atoms with E-state index in [1.54, 1.807) is 15.3 Å². The number of fused-ring (bicyclic) bond motifs is 3. The molecule has 5 nitrogen and oxygen atoms in total. The van der Waals surface area contributed by atoms with E-state index in [1.807, 2.05) is 11.3 Å². The van der Waals surface area contributed by atoms with Crippen molar-refractivity contribution >= 4 is 27.4 Å². The van der Waals surface area contributed by atoms with Gasteiger partial charge in [-0.25, -0.2) is 9.97 Å². The van der Waals surface area contributed by atoms with E-state index in [9.17, 15) is 0 Å². The van der Waals surface area contributed by atoms with Crippen LogP contribution in [0.15, 0.2) is 0 Å². The molecule has 27 heavy (non-hydrogen) atoms. The van der Waals surface area contributed by atoms with Crippen LogP contribution in [0.2, 0.25) is 0 Å². The topological polar surface area (TPSA) is 51.5 Å². The predicted octanol–water partition coefficient (Wildman–Crippen LogP) is 2.73. The Morgan fingerprint density at radius 1 is 1.00 bits per heavy atom. The second-order valence-electron chi connectivity index (χ2n) is 8.40. The Labute approximate surface area is 165 Å². The third-order valence-corrected chi connectivity index (χ3v) is 7.60. The van der Waals surface area contributed by atoms with Gasteiger partial charge in [-0.15, -0.1) is 11.3 Å². The number of rotatable bonds is 4. The van der Waals surface area contributed by atoms with Crippen LogP contribution in [0.3, 0.4) is 0 Å². The third-order valence-electron chi connectivity index (χ3n) is 6.42. The third kappa shape index (κ3) is 3.84. The van der Waals surface area contributed by atoms with Crippen molar-refractivity contribution < 1.29 is 9.64 Å². The molecule has 1 aliphatic heterocycles. The van der Waals surface area contributed by atoms with Crippen molar-refractivity contribution in [3.8, 4) is 0 Å². The number of anilines is 1. The summed E-state index contributed by atoms with van der Waals surface area (Å²) in [5.74, 6) is 2.14. The molecule has 0 aromatic carbocycles. The monoisotopic (exact) mass is 387 g/mol. The molecule has 0 bridgehead atoms. The lowest BCUT2D eigenvalue weighted by Gasteiger charge is -2.25. The number of hydrogen-bond donors (Lipinski definition) is 2. The molecule has 0 radical (unpaired) electrons. The first-order valence-electron chi connectivity index (χ1n) is 10.9. The number of thiophene rings is 1. The lowest BCUT2D eigenvalue weighted by atomic mass is 9.94. The smallest absolute Gasteiger partial charge is 0.187 e. The minimum Gasteiger partial charge on any atom is -0.370 e. The standard InChI is InChI=1S/C21H30N4OS/c1-2-6-15(7-3-1)22-20-19-16-8-4-5-9-17(16)27-21(19)24-18(23-20)14-25-10-12-26-13-11-25/h15H,1-14H2,(H,22,23,24)/p+1. The number of aryl methyl sites for hydroxylation is 2. The zero-order valence-corrected chi connectivity index (χ0v) is 17.0. The molecule has 0 amide bonds. The van der Waals surface area contributed by atoms with Crippen LogP contribution in [0.5, 0.6) is 0 Å². The normalized spacial score (nSPS) is 22.1. The number of quaternary nitrogens is 1. The second kappa shape index (κ2) is 8.02. The summed E-state index contributed by atoms with van der Waals surface area (Å²) in [6.45, 7) is 4.76. The summed E-state index contributed by atoms with van der Waals surface area (Å²) >= 11 is 1.93. The van der Waals surface area contributed by atoms with Crippen molar-refractivity contribution in [3.63, 3.8) is 0 Å². The van der Waals surface area contributed by atoms with Gasteiger partial charge in [0.15, 0.2) is 5.82 Å². The van der Waals surface area contributed by atoms with Crippen molar-refractivity contribution in [1.29, 1.82) is 0 Å². The first-order chi connectivity index (χ1) is 13.4. The summed E-state index contributed by atoms with van der Waals surface area (Å²) in [6, 6.07) is 0.583. The van der Waals surface area contributed by atoms with E-state index in [4.69, 9.17) is 14.7 Å². The SMILES string of the molecule is C1CCC(Nc2nc(C[NH+]3CCOCC3)nc3sc4c(c23)CCCC4)CC1. The van der Waals surface area contributed by atoms with E-state index in [-0.39, 0.29) is 0 Å². The molecule has 0 atom stereocenters. The van der Waals surface area contributed by atoms with Crippen molar-refractivity contribution in [3.05, 3.63) is 16.3 Å². The van der Waals surface area contributed by atoms with Crippen LogP contribution in [0.1, 0.15) is 61.2 Å². The van der Waals surface area contributed by atoms with Gasteiger partial charge in [0.25, 0.3) is 0 Å². The van der Waals surface area contributed by atoms with Crippen molar-refractivity contribution in [2.24, 2.45) is 0 Å². The van der Waals surface area contributed by atoms with Gasteiger partial charge in [-0.05, 0) is 44.1 Å². The van der Waals surface area contributed by atoms with Crippen LogP contribution in [0.25, 0.3) is 10.2 Å². The highest BCUT2D eigenvalue weighted by Crippen LogP contribution is 2.39. The Bertz CT molecular complexity index is 793. The lowest BCUT2D eigenvalue weighted by Crippen LogP contribution is -3.12. The van der Waals surface area contributed by atoms with Crippen LogP contribution in [-0.4, -0.2) is 42.3 Å². The number of aromatic nitrogens is 2. The van der Waals surface area contributed by atoms with Crippen LogP contribution < -0.4 is 10.2 Å². The van der Waals surface area contributed by atoms with E-state index in [0.29, 0.717) is 6.04 Å². The minimum absolute atomic E-state index is 0.583. The van der Waals surface area contributed by atoms with Crippen molar-refractivity contribution in [2.45, 2.75) is 70.4 Å². The van der Waals surface area contributed by atoms with Gasteiger partial charge in [0.1, 0.15) is 30.3 Å². The van der Waals surface area contributed by atoms with Crippen LogP contribution in [0.4, 0.5) is 5.82 Å². The molecule has 3 aliphatic rings. The van der Waals surface area contributed by atoms with E-state index in [2.05, 4.69) is 5.32 Å². The summed E-state index contributed by atoms with van der Waals surface area (Å²) in [7, 11) is 0. The highest BCUT2D eigenvalue weighted by molar-refractivity contribution is 7.19. The van der Waals surface area contributed by atoms with Gasteiger partial charge >= 0.3 is 0 Å². The minimum atomic E-state index is 0.583. The molecular weight excluding hydrogens is 356 g/mol. The zero-order valence-electron chi connectivity index (χ0n) is 16.2. The Morgan fingerprint density at radius 2 is 1.81 bits per heavy atom. The van der Waals surface area contributed by atoms with Gasteiger partial charge in [-0.2, -0.15) is 0 Å². The van der Waals surface area contributed by atoms with Crippen molar-refractivity contribution in [1.82, 2.24) is 9.97 Å². The summed E-state index contributed by atoms with van der Waals surface area (Å²) < 4.78 is 5.52. The molecule has 2 fully saturated rings. The highest BCUT2D eigenvalue weighted by atomic mass is 32.1. The van der Waals surface area contributed by atoms with Gasteiger partial charge in [0, 0.05) is 10.9 Å². The first-order valence-corrected chi connectivity index (χ1v) is 11.7. The van der Waals surface area contributed by atoms with E-state index in [0.717, 1.165) is 44.5 Å². The maximum atomic E-state index is 5.52. The molecule has 2 N–H and O–H groups in total. The van der Waals surface area contributed by atoms with Gasteiger partial charge < -0.3 is 15.0 Å². The number of nitrogens with zero attached hydrogens (tertiary/aromatic N) is 2. The van der Waals surface area contributed by atoms with E-state index < -0.39 is 0 Å². The fourth-order valence-electron chi connectivity index (χ4n) is 4.89. The molecule has 2 aromatic heterocycles. The molecule has 2 aromatic rings. The van der Waals surface area contributed by atoms with Gasteiger partial charge in [-0.1, -0.05) is 19.3 Å². The number of morpholine rings is 1. The van der Waals surface area contributed by atoms with Gasteiger partial charge in [0.2, 0.25) is 0 Å². The Balaban J connectivity index is 1.50. The summed E-state index contributed by atoms with van der Waals surface area (Å²) in [5.41, 5.74) is 1.55. The summed E-state index contributed by atoms with van der Waals surface area (Å²) in [6.07, 6.45) is 11.7. The summed E-state index contributed by atoms with van der Waals surface area (Å²) in [4.78, 5) is 14.5. The van der Waals surface area contributed by atoms with E-state index >= 15 is 0 Å². The fourth-order valence-corrected chi connectivity index (χ4v) is 6.17. The maximum absolute atomic E-state index is 5.52. The maximum Gasteiger partial charge on any atom is 0.187 e. The quantitative estimate of drug-likeness (QED) is 0.847. The van der Waals surface area contributed by atoms with Gasteiger partial charge in [-0.3, -0.25) is 0 Å². The molecule has 146 valence electrons. The molecule has 1 saturated carbocycles. The molecule has 2 aliphatic carbocycles. The fraction of sp³-hybridized carbons (Fsp3) is 0.714. The molecule has 6 heteroatoms. The lowest BCUT2D eigenvalue weighted by molar-refractivity contribution is -0.922.